The molecular weight excluding hydrogens is 336 g/mol. The van der Waals surface area contributed by atoms with Crippen molar-refractivity contribution in [2.24, 2.45) is 11.8 Å². The van der Waals surface area contributed by atoms with Gasteiger partial charge in [-0.05, 0) is 49.3 Å². The standard InChI is InChI=1S/C15H17BrF4/c16-14(8-10-4-6-13(17)7-5-10)11-2-1-3-12(9-11)15(18,19)20/h4-7,11-12,14H,1-3,8-9H2. The molecule has 3 unspecified atom stereocenters. The molecule has 112 valence electrons. The lowest BCUT2D eigenvalue weighted by Crippen LogP contribution is -2.32. The number of halogens is 5. The van der Waals surface area contributed by atoms with E-state index in [1.165, 1.54) is 12.1 Å². The van der Waals surface area contributed by atoms with Crippen molar-refractivity contribution >= 4 is 15.9 Å². The van der Waals surface area contributed by atoms with E-state index in [1.54, 1.807) is 12.1 Å². The van der Waals surface area contributed by atoms with Gasteiger partial charge in [-0.2, -0.15) is 13.2 Å². The lowest BCUT2D eigenvalue weighted by atomic mass is 9.78. The Hall–Kier alpha value is -0.580. The third-order valence-corrected chi connectivity index (χ3v) is 5.10. The summed E-state index contributed by atoms with van der Waals surface area (Å²) in [5.74, 6) is -1.44. The maximum Gasteiger partial charge on any atom is 0.391 e. The van der Waals surface area contributed by atoms with E-state index in [2.05, 4.69) is 15.9 Å². The summed E-state index contributed by atoms with van der Waals surface area (Å²) in [6.07, 6.45) is -1.56. The van der Waals surface area contributed by atoms with Gasteiger partial charge in [-0.1, -0.05) is 34.5 Å². The van der Waals surface area contributed by atoms with E-state index in [-0.39, 0.29) is 29.4 Å². The Morgan fingerprint density at radius 1 is 1.15 bits per heavy atom. The molecule has 0 heterocycles. The molecule has 0 saturated heterocycles. The van der Waals surface area contributed by atoms with Crippen molar-refractivity contribution in [2.45, 2.75) is 43.1 Å². The van der Waals surface area contributed by atoms with Crippen LogP contribution in [0.5, 0.6) is 0 Å². The van der Waals surface area contributed by atoms with Crippen LogP contribution in [0.25, 0.3) is 0 Å². The molecule has 5 heteroatoms. The van der Waals surface area contributed by atoms with Crippen LogP contribution in [0.2, 0.25) is 0 Å². The zero-order valence-electron chi connectivity index (χ0n) is 11.0. The second-order valence-electron chi connectivity index (χ2n) is 5.51. The maximum absolute atomic E-state index is 12.8. The van der Waals surface area contributed by atoms with Gasteiger partial charge >= 0.3 is 6.18 Å². The molecule has 1 aromatic carbocycles. The summed E-state index contributed by atoms with van der Waals surface area (Å²) in [4.78, 5) is 0.0121. The highest BCUT2D eigenvalue weighted by molar-refractivity contribution is 9.09. The minimum atomic E-state index is -4.08. The molecule has 0 nitrogen and oxygen atoms in total. The normalized spacial score (nSPS) is 25.4. The molecule has 0 N–H and O–H groups in total. The summed E-state index contributed by atoms with van der Waals surface area (Å²) in [7, 11) is 0. The van der Waals surface area contributed by atoms with Gasteiger partial charge in [0.05, 0.1) is 5.92 Å². The zero-order valence-corrected chi connectivity index (χ0v) is 12.6. The number of hydrogen-bond acceptors (Lipinski definition) is 0. The van der Waals surface area contributed by atoms with Gasteiger partial charge in [-0.15, -0.1) is 0 Å². The summed E-state index contributed by atoms with van der Waals surface area (Å²) in [5.41, 5.74) is 0.947. The van der Waals surface area contributed by atoms with Crippen LogP contribution < -0.4 is 0 Å². The smallest absolute Gasteiger partial charge is 0.207 e. The van der Waals surface area contributed by atoms with Crippen molar-refractivity contribution < 1.29 is 17.6 Å². The third-order valence-electron chi connectivity index (χ3n) is 4.03. The van der Waals surface area contributed by atoms with Crippen LogP contribution in [0.3, 0.4) is 0 Å². The number of benzene rings is 1. The van der Waals surface area contributed by atoms with E-state index in [0.717, 1.165) is 12.0 Å². The van der Waals surface area contributed by atoms with Gasteiger partial charge in [-0.3, -0.25) is 0 Å². The van der Waals surface area contributed by atoms with E-state index in [1.807, 2.05) is 0 Å². The molecule has 1 saturated carbocycles. The van der Waals surface area contributed by atoms with Crippen molar-refractivity contribution in [3.05, 3.63) is 35.6 Å². The highest BCUT2D eigenvalue weighted by Gasteiger charge is 2.43. The van der Waals surface area contributed by atoms with Gasteiger partial charge in [0, 0.05) is 4.83 Å². The monoisotopic (exact) mass is 352 g/mol. The summed E-state index contributed by atoms with van der Waals surface area (Å²) in [6.45, 7) is 0. The second-order valence-corrected chi connectivity index (χ2v) is 6.69. The molecule has 1 aliphatic carbocycles. The molecule has 0 aromatic heterocycles. The maximum atomic E-state index is 12.8. The van der Waals surface area contributed by atoms with Crippen molar-refractivity contribution in [1.82, 2.24) is 0 Å². The first-order valence-corrected chi connectivity index (χ1v) is 7.73. The molecule has 1 aliphatic rings. The molecule has 1 fully saturated rings. The highest BCUT2D eigenvalue weighted by Crippen LogP contribution is 2.42. The first-order chi connectivity index (χ1) is 9.36. The Kier molecular flexibility index (Phi) is 5.10. The van der Waals surface area contributed by atoms with Gasteiger partial charge < -0.3 is 0 Å². The van der Waals surface area contributed by atoms with Crippen LogP contribution in [0.1, 0.15) is 31.2 Å². The topological polar surface area (TPSA) is 0 Å². The molecule has 0 aliphatic heterocycles. The quantitative estimate of drug-likeness (QED) is 0.497. The van der Waals surface area contributed by atoms with Gasteiger partial charge in [0.15, 0.2) is 0 Å². The van der Waals surface area contributed by atoms with Crippen LogP contribution >= 0.6 is 15.9 Å². The van der Waals surface area contributed by atoms with Crippen molar-refractivity contribution in [1.29, 1.82) is 0 Å². The fourth-order valence-corrected chi connectivity index (χ4v) is 3.72. The van der Waals surface area contributed by atoms with Gasteiger partial charge in [0.1, 0.15) is 5.82 Å². The summed E-state index contributed by atoms with van der Waals surface area (Å²) >= 11 is 3.53. The first-order valence-electron chi connectivity index (χ1n) is 6.81. The molecule has 1 aromatic rings. The van der Waals surface area contributed by atoms with E-state index in [0.29, 0.717) is 12.8 Å². The van der Waals surface area contributed by atoms with Crippen LogP contribution in [0.4, 0.5) is 17.6 Å². The molecule has 20 heavy (non-hydrogen) atoms. The average Bonchev–Trinajstić information content (AvgIpc) is 2.40. The predicted octanol–water partition coefficient (Wildman–Crippen LogP) is 5.50. The summed E-state index contributed by atoms with van der Waals surface area (Å²) in [5, 5.41) is 0. The Bertz CT molecular complexity index is 426. The lowest BCUT2D eigenvalue weighted by Gasteiger charge is -2.33. The molecule has 2 rings (SSSR count). The summed E-state index contributed by atoms with van der Waals surface area (Å²) in [6, 6.07) is 6.14. The SMILES string of the molecule is Fc1ccc(CC(Br)C2CCCC(C(F)(F)F)C2)cc1. The fourth-order valence-electron chi connectivity index (χ4n) is 2.87. The van der Waals surface area contributed by atoms with Crippen molar-refractivity contribution in [3.8, 4) is 0 Å². The second kappa shape index (κ2) is 6.46. The van der Waals surface area contributed by atoms with Crippen LogP contribution in [-0.4, -0.2) is 11.0 Å². The lowest BCUT2D eigenvalue weighted by molar-refractivity contribution is -0.185. The molecule has 3 atom stereocenters. The molecular formula is C15H17BrF4. The Morgan fingerprint density at radius 2 is 1.80 bits per heavy atom. The largest absolute Gasteiger partial charge is 0.391 e. The minimum Gasteiger partial charge on any atom is -0.207 e. The van der Waals surface area contributed by atoms with E-state index in [9.17, 15) is 17.6 Å². The van der Waals surface area contributed by atoms with E-state index < -0.39 is 12.1 Å². The average molecular weight is 353 g/mol. The Labute approximate surface area is 124 Å². The molecule has 0 spiro atoms. The minimum absolute atomic E-state index is 0.0121. The van der Waals surface area contributed by atoms with Crippen LogP contribution in [-0.2, 0) is 6.42 Å². The van der Waals surface area contributed by atoms with Gasteiger partial charge in [0.25, 0.3) is 0 Å². The van der Waals surface area contributed by atoms with Crippen LogP contribution in [0, 0.1) is 17.7 Å². The van der Waals surface area contributed by atoms with E-state index >= 15 is 0 Å². The highest BCUT2D eigenvalue weighted by atomic mass is 79.9. The molecule has 0 amide bonds. The number of alkyl halides is 4. The summed E-state index contributed by atoms with van der Waals surface area (Å²) < 4.78 is 51.2. The Morgan fingerprint density at radius 3 is 2.40 bits per heavy atom. The van der Waals surface area contributed by atoms with Crippen molar-refractivity contribution in [3.63, 3.8) is 0 Å². The third kappa shape index (κ3) is 4.21. The molecule has 0 radical (unpaired) electrons. The number of rotatable bonds is 3. The molecule has 0 bridgehead atoms. The zero-order chi connectivity index (χ0) is 14.8. The van der Waals surface area contributed by atoms with E-state index in [4.69, 9.17) is 0 Å². The van der Waals surface area contributed by atoms with Crippen LogP contribution in [0.15, 0.2) is 24.3 Å². The fraction of sp³-hybridized carbons (Fsp3) is 0.600. The van der Waals surface area contributed by atoms with Gasteiger partial charge in [0.2, 0.25) is 0 Å². The van der Waals surface area contributed by atoms with Crippen molar-refractivity contribution in [2.75, 3.05) is 0 Å². The predicted molar refractivity (Wildman–Crippen MR) is 74.3 cm³/mol. The Balaban J connectivity index is 1.95. The first kappa shape index (κ1) is 15.8. The van der Waals surface area contributed by atoms with Gasteiger partial charge in [-0.25, -0.2) is 4.39 Å². The number of hydrogen-bond donors (Lipinski definition) is 0.